The van der Waals surface area contributed by atoms with Crippen LogP contribution in [0, 0.1) is 5.41 Å². The molecular weight excluding hydrogens is 541 g/mol. The molecule has 2 saturated heterocycles. The van der Waals surface area contributed by atoms with Crippen LogP contribution >= 0.6 is 0 Å². The molecule has 0 bridgehead atoms. The van der Waals surface area contributed by atoms with E-state index in [1.54, 1.807) is 4.90 Å². The monoisotopic (exact) mass is 561 g/mol. The number of likely N-dealkylation sites (tertiary alicyclic amines) is 1. The first kappa shape index (κ1) is 29.1. The smallest absolute Gasteiger partial charge is 0.475 e. The molecule has 1 spiro atoms. The lowest BCUT2D eigenvalue weighted by Crippen LogP contribution is -2.54. The summed E-state index contributed by atoms with van der Waals surface area (Å²) in [6, 6.07) is 1.28. The van der Waals surface area contributed by atoms with Gasteiger partial charge in [-0.05, 0) is 24.6 Å². The number of carbonyl (C=O) groups excluding carboxylic acids is 1. The number of hydrogen-bond donors (Lipinski definition) is 3. The Morgan fingerprint density at radius 1 is 0.974 bits per heavy atom. The van der Waals surface area contributed by atoms with E-state index in [4.69, 9.17) is 9.90 Å². The van der Waals surface area contributed by atoms with Crippen LogP contribution < -0.4 is 10.6 Å². The number of carboxylic acids is 1. The second kappa shape index (κ2) is 10.3. The summed E-state index contributed by atoms with van der Waals surface area (Å²) in [5, 5.41) is 18.2. The lowest BCUT2D eigenvalue weighted by atomic mass is 9.81. The number of aliphatic carboxylic acids is 1. The molecule has 3 aliphatic rings. The zero-order valence-electron chi connectivity index (χ0n) is 19.1. The van der Waals surface area contributed by atoms with Gasteiger partial charge in [0.05, 0.1) is 11.1 Å². The topological polar surface area (TPSA) is 97.3 Å². The largest absolute Gasteiger partial charge is 0.490 e. The zero-order valence-corrected chi connectivity index (χ0v) is 19.1. The Morgan fingerprint density at radius 3 is 1.95 bits per heavy atom. The maximum Gasteiger partial charge on any atom is 0.490 e. The Labute approximate surface area is 208 Å². The quantitative estimate of drug-likeness (QED) is 0.388. The predicted molar refractivity (Wildman–Crippen MR) is 112 cm³/mol. The molecule has 4 rings (SSSR count). The maximum atomic E-state index is 13.0. The van der Waals surface area contributed by atoms with E-state index in [1.165, 1.54) is 17.3 Å². The number of amides is 1. The van der Waals surface area contributed by atoms with Crippen molar-refractivity contribution >= 4 is 17.7 Å². The van der Waals surface area contributed by atoms with Crippen LogP contribution in [-0.4, -0.2) is 71.8 Å². The van der Waals surface area contributed by atoms with Crippen molar-refractivity contribution in [1.29, 1.82) is 0 Å². The number of nitrogens with zero attached hydrogens (tertiary/aromatic N) is 3. The van der Waals surface area contributed by atoms with Gasteiger partial charge in [-0.3, -0.25) is 9.80 Å². The fourth-order valence-electron chi connectivity index (χ4n) is 3.84. The standard InChI is InChI=1S/C19H19F6N5O.C2HF3O2/c20-18(21,22)13-5-12(6-14(7-13)19(23,24)25)16-27-11-30(28-16)3-1-15(31)29-4-2-17(10-29)8-26-9-17;3-2(4,5)1(6)7/h1,3,5-7,26H,2,4,8-11H2,(H,27,28);(H,6,7). The van der Waals surface area contributed by atoms with Crippen LogP contribution in [0.2, 0.25) is 0 Å². The van der Waals surface area contributed by atoms with Gasteiger partial charge in [0.25, 0.3) is 0 Å². The molecule has 38 heavy (non-hydrogen) atoms. The van der Waals surface area contributed by atoms with Crippen molar-refractivity contribution in [1.82, 2.24) is 20.5 Å². The molecule has 1 aromatic rings. The van der Waals surface area contributed by atoms with Gasteiger partial charge < -0.3 is 20.6 Å². The number of amidine groups is 1. The van der Waals surface area contributed by atoms with Gasteiger partial charge in [0.2, 0.25) is 5.91 Å². The molecule has 8 nitrogen and oxygen atoms in total. The van der Waals surface area contributed by atoms with E-state index in [0.717, 1.165) is 19.5 Å². The summed E-state index contributed by atoms with van der Waals surface area (Å²) < 4.78 is 110. The number of carbonyl (C=O) groups is 2. The minimum atomic E-state index is -5.08. The summed E-state index contributed by atoms with van der Waals surface area (Å²) in [5.74, 6) is -3.12. The van der Waals surface area contributed by atoms with Crippen LogP contribution in [-0.2, 0) is 21.9 Å². The average Bonchev–Trinajstić information content (AvgIpc) is 3.43. The molecular formula is C21H20F9N5O3. The minimum Gasteiger partial charge on any atom is -0.475 e. The zero-order chi connectivity index (χ0) is 28.5. The first-order valence-corrected chi connectivity index (χ1v) is 10.8. The number of hydrazone groups is 1. The van der Waals surface area contributed by atoms with Crippen molar-refractivity contribution in [2.24, 2.45) is 10.5 Å². The Kier molecular flexibility index (Phi) is 7.91. The third kappa shape index (κ3) is 7.08. The third-order valence-electron chi connectivity index (χ3n) is 5.88. The Bertz CT molecular complexity index is 1090. The van der Waals surface area contributed by atoms with E-state index >= 15 is 0 Å². The molecule has 0 atom stereocenters. The van der Waals surface area contributed by atoms with Crippen molar-refractivity contribution in [3.63, 3.8) is 0 Å². The highest BCUT2D eigenvalue weighted by Gasteiger charge is 2.44. The van der Waals surface area contributed by atoms with Crippen molar-refractivity contribution in [2.75, 3.05) is 32.8 Å². The predicted octanol–water partition coefficient (Wildman–Crippen LogP) is 3.22. The normalized spacial score (nSPS) is 19.1. The molecule has 17 heteroatoms. The van der Waals surface area contributed by atoms with Crippen LogP contribution in [0.1, 0.15) is 23.1 Å². The van der Waals surface area contributed by atoms with Gasteiger partial charge in [-0.25, -0.2) is 4.79 Å². The highest BCUT2D eigenvalue weighted by molar-refractivity contribution is 6.00. The van der Waals surface area contributed by atoms with Gasteiger partial charge in [-0.1, -0.05) is 0 Å². The van der Waals surface area contributed by atoms with Gasteiger partial charge >= 0.3 is 24.5 Å². The Hall–Kier alpha value is -3.50. The minimum absolute atomic E-state index is 0.00453. The van der Waals surface area contributed by atoms with Crippen LogP contribution in [0.25, 0.3) is 0 Å². The van der Waals surface area contributed by atoms with Crippen molar-refractivity contribution in [3.8, 4) is 0 Å². The molecule has 0 aliphatic carbocycles. The molecule has 0 aromatic heterocycles. The summed E-state index contributed by atoms with van der Waals surface area (Å²) >= 11 is 0. The van der Waals surface area contributed by atoms with E-state index in [0.29, 0.717) is 25.2 Å². The van der Waals surface area contributed by atoms with E-state index in [1.807, 2.05) is 0 Å². The van der Waals surface area contributed by atoms with Gasteiger partial charge in [-0.2, -0.15) is 44.6 Å². The van der Waals surface area contributed by atoms with Gasteiger partial charge in [-0.15, -0.1) is 0 Å². The number of hydrogen-bond acceptors (Lipinski definition) is 6. The summed E-state index contributed by atoms with van der Waals surface area (Å²) in [7, 11) is 0. The number of benzene rings is 1. The summed E-state index contributed by atoms with van der Waals surface area (Å²) in [4.78, 5) is 23.0. The first-order valence-electron chi connectivity index (χ1n) is 10.8. The van der Waals surface area contributed by atoms with Crippen LogP contribution in [0.4, 0.5) is 39.5 Å². The summed E-state index contributed by atoms with van der Waals surface area (Å²) in [5.41, 5.74) is -3.04. The number of alkyl halides is 9. The molecule has 0 unspecified atom stereocenters. The fraction of sp³-hybridized carbons (Fsp3) is 0.476. The number of carboxylic acid groups (broad SMARTS) is 1. The molecule has 1 aromatic carbocycles. The summed E-state index contributed by atoms with van der Waals surface area (Å²) in [6.07, 6.45) is -11.4. The third-order valence-corrected chi connectivity index (χ3v) is 5.88. The molecule has 3 heterocycles. The SMILES string of the molecule is O=C(C=CN1CNC(c2cc(C(F)(F)F)cc(C(F)(F)F)c2)=N1)N1CCC2(CNC2)C1.O=C(O)C(F)(F)F. The van der Waals surface area contributed by atoms with Gasteiger partial charge in [0.1, 0.15) is 6.67 Å². The van der Waals surface area contributed by atoms with Crippen molar-refractivity contribution in [3.05, 3.63) is 47.2 Å². The average molecular weight is 561 g/mol. The van der Waals surface area contributed by atoms with Gasteiger partial charge in [0, 0.05) is 49.4 Å². The maximum absolute atomic E-state index is 13.0. The molecule has 2 fully saturated rings. The summed E-state index contributed by atoms with van der Waals surface area (Å²) in [6.45, 7) is 3.05. The second-order valence-electron chi connectivity index (χ2n) is 8.75. The fourth-order valence-corrected chi connectivity index (χ4v) is 3.84. The highest BCUT2D eigenvalue weighted by atomic mass is 19.4. The Balaban J connectivity index is 0.000000505. The number of nitrogens with one attached hydrogen (secondary N) is 2. The highest BCUT2D eigenvalue weighted by Crippen LogP contribution is 2.37. The second-order valence-corrected chi connectivity index (χ2v) is 8.75. The van der Waals surface area contributed by atoms with Crippen LogP contribution in [0.5, 0.6) is 0 Å². The van der Waals surface area contributed by atoms with E-state index in [2.05, 4.69) is 15.7 Å². The molecule has 0 saturated carbocycles. The lowest BCUT2D eigenvalue weighted by Gasteiger charge is -2.38. The van der Waals surface area contributed by atoms with Crippen molar-refractivity contribution < 1.29 is 54.2 Å². The van der Waals surface area contributed by atoms with Crippen LogP contribution in [0.3, 0.4) is 0 Å². The van der Waals surface area contributed by atoms with E-state index < -0.39 is 35.6 Å². The van der Waals surface area contributed by atoms with Crippen molar-refractivity contribution in [2.45, 2.75) is 24.9 Å². The number of rotatable bonds is 3. The molecule has 1 amide bonds. The molecule has 3 aliphatic heterocycles. The Morgan fingerprint density at radius 2 is 1.53 bits per heavy atom. The van der Waals surface area contributed by atoms with E-state index in [-0.39, 0.29) is 35.5 Å². The van der Waals surface area contributed by atoms with E-state index in [9.17, 15) is 44.3 Å². The molecule has 210 valence electrons. The molecule has 0 radical (unpaired) electrons. The lowest BCUT2D eigenvalue weighted by molar-refractivity contribution is -0.192. The molecule has 3 N–H and O–H groups in total. The van der Waals surface area contributed by atoms with Crippen LogP contribution in [0.15, 0.2) is 35.6 Å². The van der Waals surface area contributed by atoms with Gasteiger partial charge in [0.15, 0.2) is 5.84 Å². The first-order chi connectivity index (χ1) is 17.4. The number of halogens is 9.